The largest absolute Gasteiger partial charge is 0.368 e. The molecule has 29 heavy (non-hydrogen) atoms. The van der Waals surface area contributed by atoms with E-state index in [0.29, 0.717) is 44.8 Å². The van der Waals surface area contributed by atoms with Crippen molar-refractivity contribution < 1.29 is 14.0 Å². The van der Waals surface area contributed by atoms with Crippen LogP contribution in [0.4, 0.5) is 10.1 Å². The summed E-state index contributed by atoms with van der Waals surface area (Å²) in [6.07, 6.45) is 0.267. The number of anilines is 1. The van der Waals surface area contributed by atoms with Gasteiger partial charge in [-0.25, -0.2) is 4.39 Å². The Morgan fingerprint density at radius 1 is 0.966 bits per heavy atom. The van der Waals surface area contributed by atoms with Crippen molar-refractivity contribution in [3.63, 3.8) is 0 Å². The Morgan fingerprint density at radius 3 is 2.17 bits per heavy atom. The lowest BCUT2D eigenvalue weighted by Gasteiger charge is -2.36. The quantitative estimate of drug-likeness (QED) is 0.750. The van der Waals surface area contributed by atoms with Gasteiger partial charge in [0, 0.05) is 56.9 Å². The lowest BCUT2D eigenvalue weighted by molar-refractivity contribution is -0.131. The fourth-order valence-corrected chi connectivity index (χ4v) is 3.20. The Labute approximate surface area is 176 Å². The van der Waals surface area contributed by atoms with E-state index in [2.05, 4.69) is 10.2 Å². The highest BCUT2D eigenvalue weighted by Crippen LogP contribution is 2.17. The second-order valence-electron chi connectivity index (χ2n) is 6.75. The second kappa shape index (κ2) is 10.8. The molecule has 1 aliphatic heterocycles. The molecule has 1 saturated heterocycles. The molecule has 0 radical (unpaired) electrons. The van der Waals surface area contributed by atoms with Gasteiger partial charge >= 0.3 is 0 Å². The van der Waals surface area contributed by atoms with Crippen LogP contribution >= 0.6 is 12.4 Å². The number of carbonyl (C=O) groups excluding carboxylic acids is 2. The molecular formula is C21H26ClFN4O2. The fourth-order valence-electron chi connectivity index (χ4n) is 3.20. The average Bonchev–Trinajstić information content (AvgIpc) is 2.74. The number of piperazine rings is 1. The van der Waals surface area contributed by atoms with Gasteiger partial charge in [0.25, 0.3) is 5.91 Å². The van der Waals surface area contributed by atoms with E-state index < -0.39 is 0 Å². The fraction of sp³-hybridized carbons (Fsp3) is 0.333. The number of benzene rings is 2. The zero-order chi connectivity index (χ0) is 19.9. The van der Waals surface area contributed by atoms with Gasteiger partial charge in [-0.3, -0.25) is 9.59 Å². The molecule has 0 aliphatic carbocycles. The SMILES string of the molecule is Cl.NCc1ccc(C(=O)NCCC(=O)N2CCN(c3ccc(F)cc3)CC2)cc1. The number of halogens is 2. The summed E-state index contributed by atoms with van der Waals surface area (Å²) in [5.41, 5.74) is 8.02. The van der Waals surface area contributed by atoms with Crippen LogP contribution in [0.3, 0.4) is 0 Å². The molecule has 1 aliphatic rings. The number of amides is 2. The topological polar surface area (TPSA) is 78.7 Å². The van der Waals surface area contributed by atoms with E-state index in [1.165, 1.54) is 12.1 Å². The van der Waals surface area contributed by atoms with Gasteiger partial charge in [0.1, 0.15) is 5.82 Å². The minimum atomic E-state index is -0.255. The number of nitrogens with two attached hydrogens (primary N) is 1. The van der Waals surface area contributed by atoms with Crippen LogP contribution in [-0.2, 0) is 11.3 Å². The van der Waals surface area contributed by atoms with Crippen LogP contribution in [0.2, 0.25) is 0 Å². The van der Waals surface area contributed by atoms with E-state index in [1.54, 1.807) is 24.3 Å². The molecule has 2 aromatic rings. The first kappa shape index (κ1) is 22.6. The molecule has 2 aromatic carbocycles. The van der Waals surface area contributed by atoms with Crippen molar-refractivity contribution in [3.8, 4) is 0 Å². The molecule has 1 fully saturated rings. The standard InChI is InChI=1S/C21H25FN4O2.ClH/c22-18-5-7-19(8-6-18)25-11-13-26(14-12-25)20(27)9-10-24-21(28)17-3-1-16(15-23)2-4-17;/h1-8H,9-15,23H2,(H,24,28);1H. The van der Waals surface area contributed by atoms with Crippen molar-refractivity contribution in [2.45, 2.75) is 13.0 Å². The summed E-state index contributed by atoms with van der Waals surface area (Å²) in [5, 5.41) is 2.78. The molecule has 0 saturated carbocycles. The van der Waals surface area contributed by atoms with E-state index in [0.717, 1.165) is 11.3 Å². The number of hydrogen-bond donors (Lipinski definition) is 2. The van der Waals surface area contributed by atoms with Crippen molar-refractivity contribution in [3.05, 3.63) is 65.5 Å². The van der Waals surface area contributed by atoms with Crippen molar-refractivity contribution >= 4 is 29.9 Å². The van der Waals surface area contributed by atoms with Gasteiger partial charge in [-0.1, -0.05) is 12.1 Å². The highest BCUT2D eigenvalue weighted by atomic mass is 35.5. The van der Waals surface area contributed by atoms with Crippen molar-refractivity contribution in [2.24, 2.45) is 5.73 Å². The molecular weight excluding hydrogens is 395 g/mol. The molecule has 156 valence electrons. The summed E-state index contributed by atoms with van der Waals surface area (Å²) in [7, 11) is 0. The zero-order valence-corrected chi connectivity index (χ0v) is 17.0. The highest BCUT2D eigenvalue weighted by Gasteiger charge is 2.21. The van der Waals surface area contributed by atoms with Crippen LogP contribution in [0.5, 0.6) is 0 Å². The first-order valence-electron chi connectivity index (χ1n) is 9.42. The van der Waals surface area contributed by atoms with E-state index in [4.69, 9.17) is 5.73 Å². The minimum absolute atomic E-state index is 0. The van der Waals surface area contributed by atoms with Gasteiger partial charge in [0.15, 0.2) is 0 Å². The second-order valence-corrected chi connectivity index (χ2v) is 6.75. The van der Waals surface area contributed by atoms with Crippen LogP contribution in [-0.4, -0.2) is 49.4 Å². The van der Waals surface area contributed by atoms with Crippen LogP contribution < -0.4 is 16.0 Å². The van der Waals surface area contributed by atoms with Crippen LogP contribution in [0, 0.1) is 5.82 Å². The molecule has 0 aromatic heterocycles. The summed E-state index contributed by atoms with van der Waals surface area (Å²) in [5.74, 6) is -0.426. The first-order chi connectivity index (χ1) is 13.6. The molecule has 0 bridgehead atoms. The van der Waals surface area contributed by atoms with E-state index in [-0.39, 0.29) is 36.5 Å². The molecule has 0 atom stereocenters. The smallest absolute Gasteiger partial charge is 0.251 e. The summed E-state index contributed by atoms with van der Waals surface area (Å²) in [4.78, 5) is 28.4. The maximum Gasteiger partial charge on any atom is 0.251 e. The van der Waals surface area contributed by atoms with Crippen molar-refractivity contribution in [1.29, 1.82) is 0 Å². The number of hydrogen-bond acceptors (Lipinski definition) is 4. The molecule has 3 rings (SSSR count). The van der Waals surface area contributed by atoms with Gasteiger partial charge in [-0.15, -0.1) is 12.4 Å². The normalized spacial score (nSPS) is 13.6. The van der Waals surface area contributed by atoms with Crippen LogP contribution in [0.15, 0.2) is 48.5 Å². The third-order valence-electron chi connectivity index (χ3n) is 4.90. The molecule has 0 spiro atoms. The summed E-state index contributed by atoms with van der Waals surface area (Å²) < 4.78 is 13.0. The molecule has 2 amide bonds. The highest BCUT2D eigenvalue weighted by molar-refractivity contribution is 5.94. The molecule has 1 heterocycles. The van der Waals surface area contributed by atoms with Gasteiger partial charge in [0.2, 0.25) is 5.91 Å². The van der Waals surface area contributed by atoms with E-state index >= 15 is 0 Å². The molecule has 3 N–H and O–H groups in total. The molecule has 0 unspecified atom stereocenters. The third-order valence-corrected chi connectivity index (χ3v) is 4.90. The predicted molar refractivity (Wildman–Crippen MR) is 114 cm³/mol. The van der Waals surface area contributed by atoms with Gasteiger partial charge in [0.05, 0.1) is 0 Å². The van der Waals surface area contributed by atoms with Crippen LogP contribution in [0.1, 0.15) is 22.3 Å². The molecule has 8 heteroatoms. The van der Waals surface area contributed by atoms with E-state index in [9.17, 15) is 14.0 Å². The number of nitrogens with zero attached hydrogens (tertiary/aromatic N) is 2. The summed E-state index contributed by atoms with van der Waals surface area (Å²) in [6, 6.07) is 13.5. The predicted octanol–water partition coefficient (Wildman–Crippen LogP) is 2.17. The number of carbonyl (C=O) groups is 2. The van der Waals surface area contributed by atoms with Crippen molar-refractivity contribution in [1.82, 2.24) is 10.2 Å². The lowest BCUT2D eigenvalue weighted by Crippen LogP contribution is -2.49. The summed E-state index contributed by atoms with van der Waals surface area (Å²) in [6.45, 7) is 3.38. The van der Waals surface area contributed by atoms with Crippen molar-refractivity contribution in [2.75, 3.05) is 37.6 Å². The van der Waals surface area contributed by atoms with Gasteiger partial charge in [-0.05, 0) is 42.0 Å². The number of nitrogens with one attached hydrogen (secondary N) is 1. The monoisotopic (exact) mass is 420 g/mol. The Morgan fingerprint density at radius 2 is 1.59 bits per heavy atom. The Balaban J connectivity index is 0.00000300. The lowest BCUT2D eigenvalue weighted by atomic mass is 10.1. The van der Waals surface area contributed by atoms with Gasteiger partial charge in [-0.2, -0.15) is 0 Å². The Bertz CT molecular complexity index is 806. The Kier molecular flexibility index (Phi) is 8.42. The number of rotatable bonds is 6. The molecule has 6 nitrogen and oxygen atoms in total. The maximum atomic E-state index is 13.0. The maximum absolute atomic E-state index is 13.0. The third kappa shape index (κ3) is 6.17. The van der Waals surface area contributed by atoms with Gasteiger partial charge < -0.3 is 20.9 Å². The summed E-state index contributed by atoms with van der Waals surface area (Å²) >= 11 is 0. The average molecular weight is 421 g/mol. The van der Waals surface area contributed by atoms with Crippen LogP contribution in [0.25, 0.3) is 0 Å². The Hall–Kier alpha value is -2.64. The minimum Gasteiger partial charge on any atom is -0.368 e. The van der Waals surface area contributed by atoms with E-state index in [1.807, 2.05) is 17.0 Å². The first-order valence-corrected chi connectivity index (χ1v) is 9.42. The zero-order valence-electron chi connectivity index (χ0n) is 16.1.